The van der Waals surface area contributed by atoms with E-state index in [1.54, 1.807) is 0 Å². The van der Waals surface area contributed by atoms with Gasteiger partial charge in [-0.2, -0.15) is 0 Å². The molecule has 0 saturated carbocycles. The molecule has 3 aromatic rings. The van der Waals surface area contributed by atoms with Crippen LogP contribution in [0.1, 0.15) is 144 Å². The lowest BCUT2D eigenvalue weighted by Crippen LogP contribution is -2.37. The minimum atomic E-state index is 0.345. The molecular weight excluding hydrogens is 438 g/mol. The van der Waals surface area contributed by atoms with Gasteiger partial charge < -0.3 is 0 Å². The van der Waals surface area contributed by atoms with Gasteiger partial charge in [0.05, 0.1) is 5.92 Å². The summed E-state index contributed by atoms with van der Waals surface area (Å²) in [7, 11) is 0. The molecule has 0 aliphatic heterocycles. The number of hydrogen-bond donors (Lipinski definition) is 0. The molecule has 0 amide bonds. The van der Waals surface area contributed by atoms with E-state index in [1.165, 1.54) is 39.5 Å². The van der Waals surface area contributed by atoms with Crippen molar-refractivity contribution in [3.63, 3.8) is 0 Å². The second-order valence-corrected chi connectivity index (χ2v) is 12.0. The summed E-state index contributed by atoms with van der Waals surface area (Å²) in [6.07, 6.45) is 5.64. The third kappa shape index (κ3) is 7.24. The van der Waals surface area contributed by atoms with Crippen molar-refractivity contribution in [2.45, 2.75) is 118 Å². The topological polar surface area (TPSA) is 29.7 Å². The van der Waals surface area contributed by atoms with Gasteiger partial charge in [-0.05, 0) is 71.9 Å². The number of pyridine rings is 3. The first kappa shape index (κ1) is 28.0. The van der Waals surface area contributed by atoms with E-state index in [0.717, 1.165) is 13.0 Å². The zero-order valence-electron chi connectivity index (χ0n) is 24.3. The van der Waals surface area contributed by atoms with Crippen molar-refractivity contribution < 1.29 is 4.57 Å². The smallest absolute Gasteiger partial charge is 0.172 e. The largest absolute Gasteiger partial charge is 0.258 e. The van der Waals surface area contributed by atoms with Gasteiger partial charge >= 0.3 is 0 Å². The van der Waals surface area contributed by atoms with Gasteiger partial charge in [0.15, 0.2) is 18.9 Å². The first-order valence-electron chi connectivity index (χ1n) is 14.0. The summed E-state index contributed by atoms with van der Waals surface area (Å²) in [4.78, 5) is 10.0. The second kappa shape index (κ2) is 12.1. The minimum Gasteiger partial charge on any atom is -0.258 e. The van der Waals surface area contributed by atoms with E-state index in [0.29, 0.717) is 35.5 Å². The molecule has 3 heteroatoms. The Bertz CT molecular complexity index is 1120. The highest BCUT2D eigenvalue weighted by molar-refractivity contribution is 5.28. The van der Waals surface area contributed by atoms with Crippen LogP contribution in [-0.4, -0.2) is 9.97 Å². The Balaban J connectivity index is 1.89. The number of aromatic nitrogens is 3. The fraction of sp³-hybridized carbons (Fsp3) is 0.545. The van der Waals surface area contributed by atoms with Crippen LogP contribution in [0.4, 0.5) is 0 Å². The van der Waals surface area contributed by atoms with Crippen molar-refractivity contribution in [1.29, 1.82) is 0 Å². The summed E-state index contributed by atoms with van der Waals surface area (Å²) < 4.78 is 2.40. The van der Waals surface area contributed by atoms with Crippen LogP contribution in [-0.2, 0) is 13.0 Å². The van der Waals surface area contributed by atoms with Gasteiger partial charge in [-0.3, -0.25) is 9.97 Å². The maximum atomic E-state index is 5.06. The summed E-state index contributed by atoms with van der Waals surface area (Å²) in [5.41, 5.74) is 8.94. The summed E-state index contributed by atoms with van der Waals surface area (Å²) >= 11 is 0. The lowest BCUT2D eigenvalue weighted by molar-refractivity contribution is -0.700. The standard InChI is InChI=1S/C33H48N3/c1-21(2)27-16-30(34-33(17-27)24(7)8)14-25(9)29-15-28(22(3)4)19-36(20-29)18-26(10)32-13-11-12-31(35-32)23(5)6/h11-13,15-17,19-26H,14,18H2,1-10H3/q+1. The van der Waals surface area contributed by atoms with Crippen molar-refractivity contribution in [2.75, 3.05) is 0 Å². The molecule has 36 heavy (non-hydrogen) atoms. The van der Waals surface area contributed by atoms with E-state index in [4.69, 9.17) is 9.97 Å². The fourth-order valence-electron chi connectivity index (χ4n) is 4.65. The first-order chi connectivity index (χ1) is 16.9. The quantitative estimate of drug-likeness (QED) is 0.269. The van der Waals surface area contributed by atoms with Crippen LogP contribution in [0.5, 0.6) is 0 Å². The van der Waals surface area contributed by atoms with E-state index < -0.39 is 0 Å². The summed E-state index contributed by atoms with van der Waals surface area (Å²) in [5.74, 6) is 2.61. The Morgan fingerprint density at radius 3 is 1.81 bits per heavy atom. The molecule has 0 aliphatic rings. The van der Waals surface area contributed by atoms with E-state index in [1.807, 2.05) is 0 Å². The maximum Gasteiger partial charge on any atom is 0.172 e. The van der Waals surface area contributed by atoms with Crippen molar-refractivity contribution in [1.82, 2.24) is 9.97 Å². The molecule has 0 saturated heterocycles. The molecule has 3 aromatic heterocycles. The van der Waals surface area contributed by atoms with Gasteiger partial charge in [0.2, 0.25) is 0 Å². The summed E-state index contributed by atoms with van der Waals surface area (Å²) in [6.45, 7) is 23.6. The molecule has 3 heterocycles. The van der Waals surface area contributed by atoms with Crippen LogP contribution in [0.3, 0.4) is 0 Å². The van der Waals surface area contributed by atoms with Crippen LogP contribution < -0.4 is 4.57 Å². The SMILES string of the molecule is CC(C)c1cc(CC(C)c2cc(C(C)C)c[n+](CC(C)c3cccc(C(C)C)n3)c2)nc(C(C)C)c1. The number of nitrogens with zero attached hydrogens (tertiary/aromatic N) is 3. The molecule has 2 atom stereocenters. The molecule has 194 valence electrons. The lowest BCUT2D eigenvalue weighted by Gasteiger charge is -2.17. The van der Waals surface area contributed by atoms with Gasteiger partial charge in [0, 0.05) is 33.9 Å². The Hall–Kier alpha value is -2.55. The van der Waals surface area contributed by atoms with E-state index in [9.17, 15) is 0 Å². The average Bonchev–Trinajstić information content (AvgIpc) is 2.83. The Kier molecular flexibility index (Phi) is 9.44. The highest BCUT2D eigenvalue weighted by Gasteiger charge is 2.20. The van der Waals surface area contributed by atoms with E-state index in [2.05, 4.69) is 123 Å². The summed E-state index contributed by atoms with van der Waals surface area (Å²) in [6, 6.07) is 13.5. The third-order valence-corrected chi connectivity index (χ3v) is 7.27. The Labute approximate surface area is 220 Å². The average molecular weight is 487 g/mol. The van der Waals surface area contributed by atoms with Crippen LogP contribution in [0.15, 0.2) is 48.8 Å². The van der Waals surface area contributed by atoms with Gasteiger partial charge in [-0.1, -0.05) is 75.3 Å². The fourth-order valence-corrected chi connectivity index (χ4v) is 4.65. The van der Waals surface area contributed by atoms with Crippen LogP contribution in [0, 0.1) is 0 Å². The predicted molar refractivity (Wildman–Crippen MR) is 152 cm³/mol. The minimum absolute atomic E-state index is 0.345. The Morgan fingerprint density at radius 2 is 1.19 bits per heavy atom. The van der Waals surface area contributed by atoms with Crippen LogP contribution in [0.2, 0.25) is 0 Å². The molecule has 0 radical (unpaired) electrons. The monoisotopic (exact) mass is 486 g/mol. The van der Waals surface area contributed by atoms with Crippen molar-refractivity contribution in [3.8, 4) is 0 Å². The highest BCUT2D eigenvalue weighted by Crippen LogP contribution is 2.26. The molecule has 0 spiro atoms. The maximum absolute atomic E-state index is 5.06. The summed E-state index contributed by atoms with van der Waals surface area (Å²) in [5, 5.41) is 0. The van der Waals surface area contributed by atoms with Crippen molar-refractivity contribution >= 4 is 0 Å². The molecule has 0 bridgehead atoms. The molecule has 2 unspecified atom stereocenters. The lowest BCUT2D eigenvalue weighted by atomic mass is 9.92. The normalized spacial score (nSPS) is 13.7. The van der Waals surface area contributed by atoms with Crippen LogP contribution in [0.25, 0.3) is 0 Å². The molecule has 0 aromatic carbocycles. The Morgan fingerprint density at radius 1 is 0.583 bits per heavy atom. The van der Waals surface area contributed by atoms with Crippen LogP contribution >= 0.6 is 0 Å². The van der Waals surface area contributed by atoms with Gasteiger partial charge in [0.25, 0.3) is 0 Å². The van der Waals surface area contributed by atoms with Crippen molar-refractivity contribution in [3.05, 3.63) is 88.3 Å². The second-order valence-electron chi connectivity index (χ2n) is 12.0. The number of hydrogen-bond acceptors (Lipinski definition) is 2. The van der Waals surface area contributed by atoms with Crippen molar-refractivity contribution in [2.24, 2.45) is 0 Å². The molecular formula is C33H48N3+. The van der Waals surface area contributed by atoms with E-state index in [-0.39, 0.29) is 0 Å². The predicted octanol–water partition coefficient (Wildman–Crippen LogP) is 8.41. The zero-order chi connectivity index (χ0) is 26.6. The molecule has 0 fully saturated rings. The molecule has 0 aliphatic carbocycles. The zero-order valence-corrected chi connectivity index (χ0v) is 24.3. The third-order valence-electron chi connectivity index (χ3n) is 7.27. The number of rotatable bonds is 10. The van der Waals surface area contributed by atoms with Gasteiger partial charge in [-0.15, -0.1) is 0 Å². The highest BCUT2D eigenvalue weighted by atomic mass is 14.9. The molecule has 3 nitrogen and oxygen atoms in total. The molecule has 0 N–H and O–H groups in total. The molecule has 3 rings (SSSR count). The van der Waals surface area contributed by atoms with Gasteiger partial charge in [0.1, 0.15) is 0 Å². The van der Waals surface area contributed by atoms with Gasteiger partial charge in [-0.25, -0.2) is 4.57 Å². The first-order valence-corrected chi connectivity index (χ1v) is 14.0. The van der Waals surface area contributed by atoms with E-state index >= 15 is 0 Å².